The Hall–Kier alpha value is -4.00. The summed E-state index contributed by atoms with van der Waals surface area (Å²) in [6.45, 7) is 6.23. The SMILES string of the molecule is Cc1cc(C)n(-c2ccc(N3CCC(C(=O)NCCC(c4ccccc4)c4ccccc4)CC3)nn2)n1. The van der Waals surface area contributed by atoms with Gasteiger partial charge in [-0.2, -0.15) is 5.10 Å². The minimum atomic E-state index is 0.0325. The summed E-state index contributed by atoms with van der Waals surface area (Å²) < 4.78 is 1.81. The summed E-state index contributed by atoms with van der Waals surface area (Å²) in [6, 6.07) is 27.0. The van der Waals surface area contributed by atoms with Crippen LogP contribution in [-0.2, 0) is 4.79 Å². The van der Waals surface area contributed by atoms with Gasteiger partial charge in [0.1, 0.15) is 0 Å². The Balaban J connectivity index is 1.13. The fourth-order valence-corrected chi connectivity index (χ4v) is 5.21. The molecule has 3 heterocycles. The van der Waals surface area contributed by atoms with Crippen molar-refractivity contribution < 1.29 is 4.79 Å². The predicted octanol–water partition coefficient (Wildman–Crippen LogP) is 4.83. The van der Waals surface area contributed by atoms with Crippen molar-refractivity contribution in [2.75, 3.05) is 24.5 Å². The van der Waals surface area contributed by atoms with Crippen molar-refractivity contribution in [3.05, 3.63) is 101 Å². The van der Waals surface area contributed by atoms with Crippen molar-refractivity contribution in [1.82, 2.24) is 25.3 Å². The third kappa shape index (κ3) is 5.88. The first-order valence-electron chi connectivity index (χ1n) is 13.1. The van der Waals surface area contributed by atoms with Crippen LogP contribution in [0.4, 0.5) is 5.82 Å². The molecule has 7 heteroatoms. The Bertz CT molecular complexity index is 1260. The smallest absolute Gasteiger partial charge is 0.223 e. The Morgan fingerprint density at radius 2 is 1.49 bits per heavy atom. The van der Waals surface area contributed by atoms with E-state index >= 15 is 0 Å². The zero-order chi connectivity index (χ0) is 25.6. The Morgan fingerprint density at radius 1 is 0.892 bits per heavy atom. The highest BCUT2D eigenvalue weighted by atomic mass is 16.1. The maximum Gasteiger partial charge on any atom is 0.223 e. The van der Waals surface area contributed by atoms with E-state index in [9.17, 15) is 4.79 Å². The number of carbonyl (C=O) groups excluding carboxylic acids is 1. The molecule has 1 N–H and O–H groups in total. The standard InChI is InChI=1S/C30H34N6O/c1-22-21-23(2)36(34-22)29-14-13-28(32-33-29)35-19-16-26(17-20-35)30(37)31-18-15-27(24-9-5-3-6-10-24)25-11-7-4-8-12-25/h3-14,21,26-27H,15-20H2,1-2H3,(H,31,37). The van der Waals surface area contributed by atoms with Crippen LogP contribution in [0.3, 0.4) is 0 Å². The highest BCUT2D eigenvalue weighted by Crippen LogP contribution is 2.28. The molecule has 0 unspecified atom stereocenters. The molecule has 37 heavy (non-hydrogen) atoms. The molecule has 1 aliphatic heterocycles. The van der Waals surface area contributed by atoms with E-state index in [4.69, 9.17) is 0 Å². The van der Waals surface area contributed by atoms with E-state index in [1.165, 1.54) is 11.1 Å². The molecule has 4 aromatic rings. The first-order chi connectivity index (χ1) is 18.1. The van der Waals surface area contributed by atoms with Gasteiger partial charge in [0.2, 0.25) is 5.91 Å². The monoisotopic (exact) mass is 494 g/mol. The summed E-state index contributed by atoms with van der Waals surface area (Å²) in [5, 5.41) is 16.5. The molecular formula is C30H34N6O. The topological polar surface area (TPSA) is 75.9 Å². The van der Waals surface area contributed by atoms with Crippen LogP contribution in [0.25, 0.3) is 5.82 Å². The van der Waals surface area contributed by atoms with E-state index in [-0.39, 0.29) is 17.7 Å². The van der Waals surface area contributed by atoms with Crippen molar-refractivity contribution in [3.63, 3.8) is 0 Å². The third-order valence-corrected chi connectivity index (χ3v) is 7.19. The van der Waals surface area contributed by atoms with Gasteiger partial charge in [-0.05, 0) is 62.4 Å². The van der Waals surface area contributed by atoms with E-state index in [2.05, 4.69) is 74.0 Å². The average molecular weight is 495 g/mol. The molecule has 0 radical (unpaired) electrons. The molecule has 0 bridgehead atoms. The minimum Gasteiger partial charge on any atom is -0.356 e. The van der Waals surface area contributed by atoms with E-state index in [0.29, 0.717) is 12.4 Å². The first kappa shape index (κ1) is 24.7. The maximum absolute atomic E-state index is 13.0. The number of rotatable bonds is 8. The second-order valence-corrected chi connectivity index (χ2v) is 9.80. The van der Waals surface area contributed by atoms with Gasteiger partial charge < -0.3 is 10.2 Å². The molecule has 5 rings (SSSR count). The Kier molecular flexibility index (Phi) is 7.59. The second-order valence-electron chi connectivity index (χ2n) is 9.80. The van der Waals surface area contributed by atoms with E-state index in [1.807, 2.05) is 48.9 Å². The lowest BCUT2D eigenvalue weighted by molar-refractivity contribution is -0.125. The Morgan fingerprint density at radius 3 is 2.03 bits per heavy atom. The summed E-state index contributed by atoms with van der Waals surface area (Å²) >= 11 is 0. The third-order valence-electron chi connectivity index (χ3n) is 7.19. The van der Waals surface area contributed by atoms with Crippen LogP contribution in [0.5, 0.6) is 0 Å². The summed E-state index contributed by atoms with van der Waals surface area (Å²) in [4.78, 5) is 15.2. The van der Waals surface area contributed by atoms with Gasteiger partial charge in [-0.15, -0.1) is 10.2 Å². The minimum absolute atomic E-state index is 0.0325. The van der Waals surface area contributed by atoms with E-state index in [1.54, 1.807) is 0 Å². The van der Waals surface area contributed by atoms with E-state index < -0.39 is 0 Å². The molecular weight excluding hydrogens is 460 g/mol. The largest absolute Gasteiger partial charge is 0.356 e. The molecule has 0 aliphatic carbocycles. The zero-order valence-electron chi connectivity index (χ0n) is 21.5. The average Bonchev–Trinajstić information content (AvgIpc) is 3.29. The van der Waals surface area contributed by atoms with Crippen molar-refractivity contribution in [2.24, 2.45) is 5.92 Å². The Labute approximate surface area is 218 Å². The number of amides is 1. The van der Waals surface area contributed by atoms with Crippen LogP contribution in [0.15, 0.2) is 78.9 Å². The number of aromatic nitrogens is 4. The summed E-state index contributed by atoms with van der Waals surface area (Å²) in [5.41, 5.74) is 4.55. The number of nitrogens with zero attached hydrogens (tertiary/aromatic N) is 5. The highest BCUT2D eigenvalue weighted by Gasteiger charge is 2.26. The fraction of sp³-hybridized carbons (Fsp3) is 0.333. The summed E-state index contributed by atoms with van der Waals surface area (Å²) in [7, 11) is 0. The van der Waals surface area contributed by atoms with Gasteiger partial charge in [-0.3, -0.25) is 4.79 Å². The lowest BCUT2D eigenvalue weighted by Gasteiger charge is -2.32. The number of piperidine rings is 1. The van der Waals surface area contributed by atoms with Crippen LogP contribution in [-0.4, -0.2) is 45.5 Å². The number of benzene rings is 2. The molecule has 1 aliphatic rings. The van der Waals surface area contributed by atoms with Crippen LogP contribution in [0.1, 0.15) is 47.7 Å². The van der Waals surface area contributed by atoms with Gasteiger partial charge in [0.15, 0.2) is 11.6 Å². The van der Waals surface area contributed by atoms with Crippen LogP contribution >= 0.6 is 0 Å². The summed E-state index contributed by atoms with van der Waals surface area (Å²) in [5.74, 6) is 2.02. The lowest BCUT2D eigenvalue weighted by atomic mass is 9.88. The molecule has 0 atom stereocenters. The van der Waals surface area contributed by atoms with Crippen molar-refractivity contribution in [3.8, 4) is 5.82 Å². The van der Waals surface area contributed by atoms with Gasteiger partial charge in [0.05, 0.1) is 5.69 Å². The van der Waals surface area contributed by atoms with Gasteiger partial charge in [0.25, 0.3) is 0 Å². The van der Waals surface area contributed by atoms with E-state index in [0.717, 1.165) is 49.6 Å². The van der Waals surface area contributed by atoms with Crippen LogP contribution < -0.4 is 10.2 Å². The predicted molar refractivity (Wildman–Crippen MR) is 146 cm³/mol. The molecule has 7 nitrogen and oxygen atoms in total. The summed E-state index contributed by atoms with van der Waals surface area (Å²) in [6.07, 6.45) is 2.50. The molecule has 2 aromatic heterocycles. The molecule has 1 fully saturated rings. The van der Waals surface area contributed by atoms with Crippen LogP contribution in [0, 0.1) is 19.8 Å². The van der Waals surface area contributed by atoms with Gasteiger partial charge in [-0.1, -0.05) is 60.7 Å². The first-order valence-corrected chi connectivity index (χ1v) is 13.1. The van der Waals surface area contributed by atoms with Crippen LogP contribution in [0.2, 0.25) is 0 Å². The van der Waals surface area contributed by atoms with Gasteiger partial charge in [0, 0.05) is 37.2 Å². The van der Waals surface area contributed by atoms with Crippen molar-refractivity contribution in [2.45, 2.75) is 39.0 Å². The van der Waals surface area contributed by atoms with Gasteiger partial charge in [-0.25, -0.2) is 4.68 Å². The molecule has 1 amide bonds. The zero-order valence-corrected chi connectivity index (χ0v) is 21.5. The molecule has 2 aromatic carbocycles. The number of anilines is 1. The molecule has 0 spiro atoms. The normalized spacial score (nSPS) is 14.2. The lowest BCUT2D eigenvalue weighted by Crippen LogP contribution is -2.41. The number of nitrogens with one attached hydrogen (secondary N) is 1. The second kappa shape index (κ2) is 11.4. The molecule has 190 valence electrons. The number of hydrogen-bond acceptors (Lipinski definition) is 5. The number of aryl methyl sites for hydroxylation is 2. The fourth-order valence-electron chi connectivity index (χ4n) is 5.21. The molecule has 0 saturated carbocycles. The number of hydrogen-bond donors (Lipinski definition) is 1. The maximum atomic E-state index is 13.0. The van der Waals surface area contributed by atoms with Crippen molar-refractivity contribution in [1.29, 1.82) is 0 Å². The van der Waals surface area contributed by atoms with Gasteiger partial charge >= 0.3 is 0 Å². The highest BCUT2D eigenvalue weighted by molar-refractivity contribution is 5.79. The van der Waals surface area contributed by atoms with Crippen molar-refractivity contribution >= 4 is 11.7 Å². The quantitative estimate of drug-likeness (QED) is 0.380. The molecule has 1 saturated heterocycles. The number of carbonyl (C=O) groups is 1.